The summed E-state index contributed by atoms with van der Waals surface area (Å²) in [6, 6.07) is 1.50. The fourth-order valence-corrected chi connectivity index (χ4v) is 2.27. The van der Waals surface area contributed by atoms with E-state index in [1.807, 2.05) is 6.92 Å². The molecule has 6 nitrogen and oxygen atoms in total. The third-order valence-corrected chi connectivity index (χ3v) is 3.47. The van der Waals surface area contributed by atoms with Gasteiger partial charge in [-0.2, -0.15) is 0 Å². The summed E-state index contributed by atoms with van der Waals surface area (Å²) < 4.78 is 0. The number of nitrogens with zero attached hydrogens (tertiary/aromatic N) is 1. The van der Waals surface area contributed by atoms with Gasteiger partial charge in [-0.3, -0.25) is 15.0 Å². The zero-order chi connectivity index (χ0) is 13.5. The molecular formula is C11H18N4O2S. The van der Waals surface area contributed by atoms with Crippen LogP contribution in [0.4, 0.5) is 0 Å². The molecule has 0 saturated carbocycles. The Labute approximate surface area is 110 Å². The average molecular weight is 270 g/mol. The van der Waals surface area contributed by atoms with E-state index in [4.69, 9.17) is 5.84 Å². The molecule has 0 aliphatic carbocycles. The number of aromatic amines is 1. The largest absolute Gasteiger partial charge is 0.301 e. The number of thioether (sulfide) groups is 1. The lowest BCUT2D eigenvalue weighted by Crippen LogP contribution is -2.35. The summed E-state index contributed by atoms with van der Waals surface area (Å²) >= 11 is 1.34. The number of nitrogens with two attached hydrogens (primary N) is 1. The second kappa shape index (κ2) is 7.17. The fraction of sp³-hybridized carbons (Fsp3) is 0.545. The number of aryl methyl sites for hydroxylation is 1. The van der Waals surface area contributed by atoms with E-state index >= 15 is 0 Å². The second-order valence-electron chi connectivity index (χ2n) is 4.01. The van der Waals surface area contributed by atoms with Crippen LogP contribution in [0.1, 0.15) is 26.0 Å². The first-order valence-corrected chi connectivity index (χ1v) is 6.78. The summed E-state index contributed by atoms with van der Waals surface area (Å²) in [5.41, 5.74) is 2.72. The van der Waals surface area contributed by atoms with Crippen molar-refractivity contribution in [2.24, 2.45) is 11.8 Å². The number of carbonyl (C=O) groups is 1. The van der Waals surface area contributed by atoms with Crippen LogP contribution in [0.3, 0.4) is 0 Å². The van der Waals surface area contributed by atoms with Gasteiger partial charge in [-0.15, -0.1) is 0 Å². The Morgan fingerprint density at radius 1 is 1.67 bits per heavy atom. The lowest BCUT2D eigenvalue weighted by atomic mass is 10.2. The predicted octanol–water partition coefficient (Wildman–Crippen LogP) is 0.441. The Hall–Kier alpha value is -1.34. The zero-order valence-corrected chi connectivity index (χ0v) is 11.3. The molecule has 0 spiro atoms. The second-order valence-corrected chi connectivity index (χ2v) is 5.02. The lowest BCUT2D eigenvalue weighted by Gasteiger charge is -2.08. The van der Waals surface area contributed by atoms with Crippen molar-refractivity contribution in [2.45, 2.75) is 31.8 Å². The summed E-state index contributed by atoms with van der Waals surface area (Å²) in [7, 11) is 0. The molecule has 0 aromatic carbocycles. The Morgan fingerprint density at radius 2 is 2.39 bits per heavy atom. The molecule has 18 heavy (non-hydrogen) atoms. The van der Waals surface area contributed by atoms with E-state index in [1.54, 1.807) is 6.92 Å². The molecule has 1 amide bonds. The van der Waals surface area contributed by atoms with Gasteiger partial charge in [0.25, 0.3) is 5.56 Å². The Morgan fingerprint density at radius 3 is 3.00 bits per heavy atom. The normalized spacial score (nSPS) is 12.2. The van der Waals surface area contributed by atoms with Gasteiger partial charge in [0.05, 0.1) is 0 Å². The molecule has 1 unspecified atom stereocenters. The van der Waals surface area contributed by atoms with Crippen molar-refractivity contribution in [3.8, 4) is 0 Å². The van der Waals surface area contributed by atoms with Gasteiger partial charge in [0.1, 0.15) is 0 Å². The summed E-state index contributed by atoms with van der Waals surface area (Å²) in [5.74, 6) is 5.10. The molecule has 0 fully saturated rings. The van der Waals surface area contributed by atoms with E-state index in [-0.39, 0.29) is 17.4 Å². The quantitative estimate of drug-likeness (QED) is 0.229. The van der Waals surface area contributed by atoms with Crippen LogP contribution in [0.15, 0.2) is 16.0 Å². The average Bonchev–Trinajstić information content (AvgIpc) is 2.34. The number of carbonyl (C=O) groups excluding carboxylic acids is 1. The molecule has 100 valence electrons. The fourth-order valence-electron chi connectivity index (χ4n) is 1.36. The van der Waals surface area contributed by atoms with Crippen LogP contribution in [0.5, 0.6) is 0 Å². The summed E-state index contributed by atoms with van der Waals surface area (Å²) in [6.07, 6.45) is 1.71. The number of H-pyrrole nitrogens is 1. The van der Waals surface area contributed by atoms with Crippen molar-refractivity contribution in [3.63, 3.8) is 0 Å². The lowest BCUT2D eigenvalue weighted by molar-refractivity contribution is -0.123. The van der Waals surface area contributed by atoms with Gasteiger partial charge >= 0.3 is 0 Å². The Kier molecular flexibility index (Phi) is 5.87. The summed E-state index contributed by atoms with van der Waals surface area (Å²) in [6.45, 7) is 3.80. The van der Waals surface area contributed by atoms with Gasteiger partial charge in [0.2, 0.25) is 5.91 Å². The smallest absolute Gasteiger partial charge is 0.251 e. The minimum Gasteiger partial charge on any atom is -0.301 e. The molecule has 1 aromatic rings. The molecule has 1 heterocycles. The highest BCUT2D eigenvalue weighted by atomic mass is 32.2. The maximum Gasteiger partial charge on any atom is 0.251 e. The molecule has 0 aliphatic rings. The minimum absolute atomic E-state index is 0.160. The van der Waals surface area contributed by atoms with Gasteiger partial charge in [0, 0.05) is 23.4 Å². The number of hydrogen-bond acceptors (Lipinski definition) is 5. The van der Waals surface area contributed by atoms with Gasteiger partial charge < -0.3 is 4.98 Å². The van der Waals surface area contributed by atoms with E-state index in [0.29, 0.717) is 10.9 Å². The number of hydrogen-bond donors (Lipinski definition) is 3. The SMILES string of the molecule is CCCc1cc(=O)[nH]c(SCC(C)C(=O)NN)n1. The number of rotatable bonds is 6. The monoisotopic (exact) mass is 270 g/mol. The van der Waals surface area contributed by atoms with Crippen LogP contribution in [0, 0.1) is 5.92 Å². The molecule has 0 aliphatic heterocycles. The number of aromatic nitrogens is 2. The molecule has 0 saturated heterocycles. The first-order chi connectivity index (χ1) is 8.56. The third kappa shape index (κ3) is 4.50. The topological polar surface area (TPSA) is 101 Å². The van der Waals surface area contributed by atoms with E-state index < -0.39 is 0 Å². The molecule has 4 N–H and O–H groups in total. The predicted molar refractivity (Wildman–Crippen MR) is 71.1 cm³/mol. The standard InChI is InChI=1S/C11H18N4O2S/c1-3-4-8-5-9(16)14-11(13-8)18-6-7(2)10(17)15-12/h5,7H,3-4,6,12H2,1-2H3,(H,15,17)(H,13,14,16). The third-order valence-electron chi connectivity index (χ3n) is 2.34. The van der Waals surface area contributed by atoms with Crippen LogP contribution < -0.4 is 16.8 Å². The maximum atomic E-state index is 11.4. The Balaban J connectivity index is 2.67. The number of amides is 1. The van der Waals surface area contributed by atoms with Crippen LogP contribution in [-0.4, -0.2) is 21.6 Å². The first-order valence-electron chi connectivity index (χ1n) is 5.80. The van der Waals surface area contributed by atoms with Gasteiger partial charge in [-0.1, -0.05) is 32.0 Å². The van der Waals surface area contributed by atoms with Crippen molar-refractivity contribution in [1.29, 1.82) is 0 Å². The van der Waals surface area contributed by atoms with Gasteiger partial charge in [-0.05, 0) is 6.42 Å². The van der Waals surface area contributed by atoms with E-state index in [0.717, 1.165) is 18.5 Å². The van der Waals surface area contributed by atoms with Gasteiger partial charge in [-0.25, -0.2) is 10.8 Å². The van der Waals surface area contributed by atoms with Crippen molar-refractivity contribution < 1.29 is 4.79 Å². The highest BCUT2D eigenvalue weighted by Crippen LogP contribution is 2.16. The number of nitrogens with one attached hydrogen (secondary N) is 2. The molecule has 1 atom stereocenters. The van der Waals surface area contributed by atoms with E-state index in [2.05, 4.69) is 15.4 Å². The molecule has 7 heteroatoms. The van der Waals surface area contributed by atoms with Crippen molar-refractivity contribution in [3.05, 3.63) is 22.1 Å². The molecule has 0 radical (unpaired) electrons. The van der Waals surface area contributed by atoms with Crippen molar-refractivity contribution in [1.82, 2.24) is 15.4 Å². The van der Waals surface area contributed by atoms with Crippen LogP contribution in [0.2, 0.25) is 0 Å². The van der Waals surface area contributed by atoms with E-state index in [1.165, 1.54) is 17.8 Å². The van der Waals surface area contributed by atoms with Crippen molar-refractivity contribution >= 4 is 17.7 Å². The molecule has 0 bridgehead atoms. The summed E-state index contributed by atoms with van der Waals surface area (Å²) in [5, 5.41) is 0.544. The highest BCUT2D eigenvalue weighted by Gasteiger charge is 2.12. The van der Waals surface area contributed by atoms with Crippen molar-refractivity contribution in [2.75, 3.05) is 5.75 Å². The molecule has 1 aromatic heterocycles. The first kappa shape index (κ1) is 14.7. The highest BCUT2D eigenvalue weighted by molar-refractivity contribution is 7.99. The van der Waals surface area contributed by atoms with E-state index in [9.17, 15) is 9.59 Å². The maximum absolute atomic E-state index is 11.4. The molecule has 1 rings (SSSR count). The van der Waals surface area contributed by atoms with Crippen LogP contribution in [0.25, 0.3) is 0 Å². The van der Waals surface area contributed by atoms with Crippen LogP contribution >= 0.6 is 11.8 Å². The molecular weight excluding hydrogens is 252 g/mol. The minimum atomic E-state index is -0.236. The van der Waals surface area contributed by atoms with Gasteiger partial charge in [0.15, 0.2) is 5.16 Å². The summed E-state index contributed by atoms with van der Waals surface area (Å²) in [4.78, 5) is 29.6. The number of hydrazine groups is 1. The van der Waals surface area contributed by atoms with Crippen LogP contribution in [-0.2, 0) is 11.2 Å². The Bertz CT molecular complexity index is 461. The zero-order valence-electron chi connectivity index (χ0n) is 10.5.